The maximum atomic E-state index is 14.1. The molecule has 1 aliphatic carbocycles. The van der Waals surface area contributed by atoms with Crippen molar-refractivity contribution >= 4 is 39.4 Å². The second-order valence-electron chi connectivity index (χ2n) is 11.8. The van der Waals surface area contributed by atoms with Crippen molar-refractivity contribution in [3.8, 4) is 11.1 Å². The number of halogens is 1. The van der Waals surface area contributed by atoms with Gasteiger partial charge >= 0.3 is 0 Å². The highest BCUT2D eigenvalue weighted by molar-refractivity contribution is 6.00. The first-order chi connectivity index (χ1) is 20.4. The molecule has 3 aromatic heterocycles. The Hall–Kier alpha value is -4.15. The van der Waals surface area contributed by atoms with Crippen LogP contribution < -0.4 is 11.1 Å². The van der Waals surface area contributed by atoms with Gasteiger partial charge in [-0.1, -0.05) is 12.1 Å². The van der Waals surface area contributed by atoms with Crippen LogP contribution in [0, 0.1) is 12.7 Å². The molecule has 10 heteroatoms. The number of fused-ring (bicyclic) bond motifs is 2. The van der Waals surface area contributed by atoms with Crippen molar-refractivity contribution in [1.29, 1.82) is 0 Å². The summed E-state index contributed by atoms with van der Waals surface area (Å²) in [4.78, 5) is 23.0. The molecule has 0 bridgehead atoms. The van der Waals surface area contributed by atoms with Crippen LogP contribution in [0.4, 0.5) is 21.8 Å². The van der Waals surface area contributed by atoms with Gasteiger partial charge in [-0.15, -0.1) is 0 Å². The molecule has 0 atom stereocenters. The number of piperazine rings is 1. The van der Waals surface area contributed by atoms with E-state index in [0.717, 1.165) is 59.2 Å². The molecule has 3 N–H and O–H groups in total. The Morgan fingerprint density at radius 1 is 0.929 bits per heavy atom. The standard InChI is InChI=1S/C32H36FN9/c1-20-15-22-17-35-32(39-28(22)16-27(20)33)38-23-5-3-21(4-6-23)26-18-42(31-29(26)30(34)36-19-37-31)25-9-7-24(8-10-25)41-13-11-40(2)12-14-41/h3-6,15-19,24-25H,7-14H2,1-2H3,(H2,34,36,37)(H,35,38,39). The topological polar surface area (TPSA) is 101 Å². The number of nitrogens with two attached hydrogens (primary N) is 1. The lowest BCUT2D eigenvalue weighted by molar-refractivity contribution is 0.0828. The average Bonchev–Trinajstić information content (AvgIpc) is 3.40. The highest BCUT2D eigenvalue weighted by atomic mass is 19.1. The van der Waals surface area contributed by atoms with E-state index in [-0.39, 0.29) is 5.82 Å². The van der Waals surface area contributed by atoms with Crippen LogP contribution in [0.3, 0.4) is 0 Å². The molecule has 0 unspecified atom stereocenters. The van der Waals surface area contributed by atoms with Crippen molar-refractivity contribution in [2.24, 2.45) is 0 Å². The van der Waals surface area contributed by atoms with E-state index in [1.165, 1.54) is 32.0 Å². The zero-order chi connectivity index (χ0) is 28.8. The van der Waals surface area contributed by atoms with Gasteiger partial charge in [0.2, 0.25) is 5.95 Å². The molecule has 0 radical (unpaired) electrons. The van der Waals surface area contributed by atoms with Crippen LogP contribution >= 0.6 is 0 Å². The predicted molar refractivity (Wildman–Crippen MR) is 165 cm³/mol. The number of rotatable bonds is 5. The minimum absolute atomic E-state index is 0.276. The Balaban J connectivity index is 1.12. The fourth-order valence-corrected chi connectivity index (χ4v) is 6.58. The van der Waals surface area contributed by atoms with Crippen LogP contribution in [-0.2, 0) is 0 Å². The molecule has 5 aromatic rings. The molecule has 2 fully saturated rings. The molecule has 7 rings (SSSR count). The highest BCUT2D eigenvalue weighted by Crippen LogP contribution is 2.39. The van der Waals surface area contributed by atoms with E-state index in [9.17, 15) is 4.39 Å². The SMILES string of the molecule is Cc1cc2cnc(Nc3ccc(-c4cn(C5CCC(N6CCN(C)CC6)CC5)c5ncnc(N)c45)cc3)nc2cc1F. The molecule has 216 valence electrons. The number of nitrogen functional groups attached to an aromatic ring is 1. The Kier molecular flexibility index (Phi) is 6.95. The number of likely N-dealkylation sites (N-methyl/N-ethyl adjacent to an activating group) is 1. The van der Waals surface area contributed by atoms with Crippen LogP contribution in [0.25, 0.3) is 33.1 Å². The highest BCUT2D eigenvalue weighted by Gasteiger charge is 2.30. The summed E-state index contributed by atoms with van der Waals surface area (Å²) in [6.07, 6.45) is 10.1. The summed E-state index contributed by atoms with van der Waals surface area (Å²) in [6.45, 7) is 6.39. The molecule has 0 spiro atoms. The first-order valence-corrected chi connectivity index (χ1v) is 14.8. The zero-order valence-electron chi connectivity index (χ0n) is 24.1. The number of anilines is 3. The van der Waals surface area contributed by atoms with Crippen LogP contribution in [0.5, 0.6) is 0 Å². The third-order valence-electron chi connectivity index (χ3n) is 9.06. The van der Waals surface area contributed by atoms with Crippen LogP contribution in [0.2, 0.25) is 0 Å². The van der Waals surface area contributed by atoms with Gasteiger partial charge in [-0.2, -0.15) is 0 Å². The molecule has 9 nitrogen and oxygen atoms in total. The molecule has 42 heavy (non-hydrogen) atoms. The van der Waals surface area contributed by atoms with Crippen molar-refractivity contribution in [1.82, 2.24) is 34.3 Å². The minimum Gasteiger partial charge on any atom is -0.383 e. The molecule has 2 aromatic carbocycles. The molecule has 2 aliphatic rings. The summed E-state index contributed by atoms with van der Waals surface area (Å²) in [6, 6.07) is 12.4. The molecule has 1 saturated heterocycles. The van der Waals surface area contributed by atoms with Gasteiger partial charge in [-0.25, -0.2) is 24.3 Å². The Bertz CT molecular complexity index is 1730. The van der Waals surface area contributed by atoms with Gasteiger partial charge in [0.25, 0.3) is 0 Å². The summed E-state index contributed by atoms with van der Waals surface area (Å²) in [5.74, 6) is 0.635. The minimum atomic E-state index is -0.276. The molecule has 1 aliphatic heterocycles. The third-order valence-corrected chi connectivity index (χ3v) is 9.06. The van der Waals surface area contributed by atoms with Gasteiger partial charge in [0.15, 0.2) is 0 Å². The van der Waals surface area contributed by atoms with Crippen molar-refractivity contribution in [3.05, 3.63) is 66.5 Å². The number of aromatic nitrogens is 5. The molecular weight excluding hydrogens is 529 g/mol. The Labute approximate surface area is 244 Å². The number of hydrogen-bond donors (Lipinski definition) is 2. The van der Waals surface area contributed by atoms with E-state index in [1.54, 1.807) is 25.5 Å². The Morgan fingerprint density at radius 3 is 2.43 bits per heavy atom. The van der Waals surface area contributed by atoms with E-state index < -0.39 is 0 Å². The summed E-state index contributed by atoms with van der Waals surface area (Å²) >= 11 is 0. The first kappa shape index (κ1) is 26.7. The summed E-state index contributed by atoms with van der Waals surface area (Å²) in [7, 11) is 2.21. The average molecular weight is 566 g/mol. The number of aryl methyl sites for hydroxylation is 1. The maximum absolute atomic E-state index is 14.1. The second kappa shape index (κ2) is 10.9. The van der Waals surface area contributed by atoms with Crippen LogP contribution in [-0.4, -0.2) is 73.6 Å². The van der Waals surface area contributed by atoms with E-state index >= 15 is 0 Å². The smallest absolute Gasteiger partial charge is 0.227 e. The normalized spacial score (nSPS) is 20.4. The maximum Gasteiger partial charge on any atom is 0.227 e. The van der Waals surface area contributed by atoms with Gasteiger partial charge in [-0.3, -0.25) is 4.90 Å². The number of nitrogens with one attached hydrogen (secondary N) is 1. The van der Waals surface area contributed by atoms with Crippen molar-refractivity contribution in [2.75, 3.05) is 44.3 Å². The molecular formula is C32H36FN9. The van der Waals surface area contributed by atoms with Gasteiger partial charge in [0.1, 0.15) is 23.6 Å². The van der Waals surface area contributed by atoms with Gasteiger partial charge in [-0.05, 0) is 69.0 Å². The monoisotopic (exact) mass is 565 g/mol. The molecule has 1 saturated carbocycles. The van der Waals surface area contributed by atoms with Crippen molar-refractivity contribution in [2.45, 2.75) is 44.7 Å². The molecule has 0 amide bonds. The lowest BCUT2D eigenvalue weighted by Gasteiger charge is -2.41. The van der Waals surface area contributed by atoms with Crippen LogP contribution in [0.15, 0.2) is 55.1 Å². The molecule has 4 heterocycles. The zero-order valence-corrected chi connectivity index (χ0v) is 24.1. The number of nitrogens with zero attached hydrogens (tertiary/aromatic N) is 7. The fourth-order valence-electron chi connectivity index (χ4n) is 6.58. The van der Waals surface area contributed by atoms with Gasteiger partial charge < -0.3 is 20.5 Å². The van der Waals surface area contributed by atoms with Crippen molar-refractivity contribution < 1.29 is 4.39 Å². The summed E-state index contributed by atoms with van der Waals surface area (Å²) < 4.78 is 16.4. The van der Waals surface area contributed by atoms with Gasteiger partial charge in [0, 0.05) is 73.4 Å². The number of benzene rings is 2. The van der Waals surface area contributed by atoms with Crippen molar-refractivity contribution in [3.63, 3.8) is 0 Å². The lowest BCUT2D eigenvalue weighted by atomic mass is 9.89. The second-order valence-corrected chi connectivity index (χ2v) is 11.8. The fraction of sp³-hybridized carbons (Fsp3) is 0.375. The summed E-state index contributed by atoms with van der Waals surface area (Å²) in [5.41, 5.74) is 11.4. The van der Waals surface area contributed by atoms with Crippen LogP contribution in [0.1, 0.15) is 37.3 Å². The number of hydrogen-bond acceptors (Lipinski definition) is 8. The largest absolute Gasteiger partial charge is 0.383 e. The van der Waals surface area contributed by atoms with E-state index in [0.29, 0.717) is 34.9 Å². The quantitative estimate of drug-likeness (QED) is 0.286. The van der Waals surface area contributed by atoms with Gasteiger partial charge in [0.05, 0.1) is 10.9 Å². The van der Waals surface area contributed by atoms with E-state index in [2.05, 4.69) is 60.0 Å². The predicted octanol–water partition coefficient (Wildman–Crippen LogP) is 5.55. The Morgan fingerprint density at radius 2 is 1.67 bits per heavy atom. The summed E-state index contributed by atoms with van der Waals surface area (Å²) in [5, 5.41) is 4.94. The van der Waals surface area contributed by atoms with E-state index in [4.69, 9.17) is 10.7 Å². The first-order valence-electron chi connectivity index (χ1n) is 14.8. The third kappa shape index (κ3) is 5.05. The lowest BCUT2D eigenvalue weighted by Crippen LogP contribution is -2.49. The van der Waals surface area contributed by atoms with E-state index in [1.807, 2.05) is 12.1 Å².